The van der Waals surface area contributed by atoms with Crippen LogP contribution in [0.25, 0.3) is 11.3 Å². The van der Waals surface area contributed by atoms with Crippen molar-refractivity contribution < 1.29 is 9.52 Å². The van der Waals surface area contributed by atoms with Crippen molar-refractivity contribution in [3.05, 3.63) is 54.3 Å². The average molecular weight is 315 g/mol. The Morgan fingerprint density at radius 3 is 2.68 bits per heavy atom. The Kier molecular flexibility index (Phi) is 4.31. The molecule has 0 saturated heterocycles. The molecule has 1 aromatic carbocycles. The van der Waals surface area contributed by atoms with Gasteiger partial charge in [-0.1, -0.05) is 42.1 Å². The Morgan fingerprint density at radius 1 is 1.23 bits per heavy atom. The molecule has 22 heavy (non-hydrogen) atoms. The van der Waals surface area contributed by atoms with Gasteiger partial charge in [0.05, 0.1) is 29.9 Å². The molecule has 0 amide bonds. The van der Waals surface area contributed by atoms with E-state index in [9.17, 15) is 5.11 Å². The molecule has 3 rings (SSSR count). The minimum Gasteiger partial charge on any atom is -0.440 e. The molecule has 1 N–H and O–H groups in total. The number of aliphatic hydroxyl groups is 1. The van der Waals surface area contributed by atoms with Crippen molar-refractivity contribution in [2.24, 2.45) is 7.05 Å². The second-order valence-corrected chi connectivity index (χ2v) is 6.25. The highest BCUT2D eigenvalue weighted by Gasteiger charge is 2.17. The van der Waals surface area contributed by atoms with Gasteiger partial charge in [-0.05, 0) is 6.92 Å². The van der Waals surface area contributed by atoms with Gasteiger partial charge in [-0.3, -0.25) is 0 Å². The monoisotopic (exact) mass is 315 g/mol. The molecule has 2 aromatic heterocycles. The zero-order chi connectivity index (χ0) is 15.5. The summed E-state index contributed by atoms with van der Waals surface area (Å²) in [7, 11) is 1.89. The first kappa shape index (κ1) is 14.9. The minimum absolute atomic E-state index is 0.0183. The number of oxazole rings is 1. The standard InChI is InChI=1S/C16H17N3O2S/c1-11(22-16-18-8-13(10-20)19(16)2)15-17-9-14(21-15)12-6-4-3-5-7-12/h3-9,11,20H,10H2,1-2H3. The quantitative estimate of drug-likeness (QED) is 0.731. The van der Waals surface area contributed by atoms with E-state index in [2.05, 4.69) is 9.97 Å². The third-order valence-electron chi connectivity index (χ3n) is 3.42. The van der Waals surface area contributed by atoms with E-state index in [4.69, 9.17) is 4.42 Å². The summed E-state index contributed by atoms with van der Waals surface area (Å²) in [6.07, 6.45) is 3.43. The molecule has 5 nitrogen and oxygen atoms in total. The summed E-state index contributed by atoms with van der Waals surface area (Å²) in [6.45, 7) is 2.01. The molecular formula is C16H17N3O2S. The summed E-state index contributed by atoms with van der Waals surface area (Å²) in [6, 6.07) is 9.90. The Morgan fingerprint density at radius 2 is 2.00 bits per heavy atom. The van der Waals surface area contributed by atoms with Gasteiger partial charge >= 0.3 is 0 Å². The van der Waals surface area contributed by atoms with Crippen LogP contribution in [0.1, 0.15) is 23.8 Å². The Bertz CT molecular complexity index is 752. The smallest absolute Gasteiger partial charge is 0.208 e. The maximum atomic E-state index is 9.21. The van der Waals surface area contributed by atoms with Crippen molar-refractivity contribution in [3.63, 3.8) is 0 Å². The van der Waals surface area contributed by atoms with Crippen molar-refractivity contribution in [3.8, 4) is 11.3 Å². The van der Waals surface area contributed by atoms with Crippen LogP contribution >= 0.6 is 11.8 Å². The van der Waals surface area contributed by atoms with Gasteiger partial charge in [0.25, 0.3) is 0 Å². The molecule has 0 spiro atoms. The SMILES string of the molecule is CC(Sc1ncc(CO)n1C)c1ncc(-c2ccccc2)o1. The van der Waals surface area contributed by atoms with Crippen LogP contribution < -0.4 is 0 Å². The van der Waals surface area contributed by atoms with E-state index in [1.165, 1.54) is 0 Å². The summed E-state index contributed by atoms with van der Waals surface area (Å²) in [4.78, 5) is 8.68. The normalized spacial score (nSPS) is 12.5. The Labute approximate surface area is 133 Å². The first-order chi connectivity index (χ1) is 10.7. The third kappa shape index (κ3) is 2.93. The molecule has 3 aromatic rings. The van der Waals surface area contributed by atoms with E-state index in [1.54, 1.807) is 24.2 Å². The van der Waals surface area contributed by atoms with Gasteiger partial charge in [-0.25, -0.2) is 9.97 Å². The van der Waals surface area contributed by atoms with Gasteiger partial charge in [0.15, 0.2) is 10.9 Å². The molecule has 0 aliphatic carbocycles. The summed E-state index contributed by atoms with van der Waals surface area (Å²) < 4.78 is 7.74. The number of benzene rings is 1. The molecule has 1 unspecified atom stereocenters. The van der Waals surface area contributed by atoms with E-state index in [1.807, 2.05) is 48.9 Å². The van der Waals surface area contributed by atoms with Gasteiger partial charge < -0.3 is 14.1 Å². The second kappa shape index (κ2) is 6.37. The summed E-state index contributed by atoms with van der Waals surface area (Å²) in [5.41, 5.74) is 1.80. The molecule has 0 radical (unpaired) electrons. The van der Waals surface area contributed by atoms with Gasteiger partial charge in [0, 0.05) is 12.6 Å². The minimum atomic E-state index is -0.0183. The molecule has 0 fully saturated rings. The molecule has 1 atom stereocenters. The van der Waals surface area contributed by atoms with Crippen LogP contribution in [0.4, 0.5) is 0 Å². The molecule has 0 bridgehead atoms. The Hall–Kier alpha value is -2.05. The van der Waals surface area contributed by atoms with Crippen LogP contribution in [0, 0.1) is 0 Å². The molecule has 114 valence electrons. The number of hydrogen-bond donors (Lipinski definition) is 1. The molecule has 6 heteroatoms. The number of hydrogen-bond acceptors (Lipinski definition) is 5. The van der Waals surface area contributed by atoms with E-state index in [0.717, 1.165) is 22.2 Å². The number of rotatable bonds is 5. The first-order valence-electron chi connectivity index (χ1n) is 6.98. The van der Waals surface area contributed by atoms with Crippen LogP contribution in [0.5, 0.6) is 0 Å². The van der Waals surface area contributed by atoms with E-state index in [-0.39, 0.29) is 11.9 Å². The van der Waals surface area contributed by atoms with Gasteiger partial charge in [0.2, 0.25) is 5.89 Å². The maximum Gasteiger partial charge on any atom is 0.208 e. The lowest BCUT2D eigenvalue weighted by molar-refractivity contribution is 0.271. The number of imidazole rings is 1. The van der Waals surface area contributed by atoms with E-state index < -0.39 is 0 Å². The van der Waals surface area contributed by atoms with Gasteiger partial charge in [0.1, 0.15) is 0 Å². The fraction of sp³-hybridized carbons (Fsp3) is 0.250. The number of nitrogens with zero attached hydrogens (tertiary/aromatic N) is 3. The van der Waals surface area contributed by atoms with Crippen LogP contribution in [0.2, 0.25) is 0 Å². The molecule has 0 saturated carbocycles. The van der Waals surface area contributed by atoms with Crippen LogP contribution in [0.3, 0.4) is 0 Å². The lowest BCUT2D eigenvalue weighted by atomic mass is 10.2. The second-order valence-electron chi connectivity index (χ2n) is 4.94. The number of aliphatic hydroxyl groups excluding tert-OH is 1. The lowest BCUT2D eigenvalue weighted by Gasteiger charge is -2.08. The topological polar surface area (TPSA) is 64.1 Å². The fourth-order valence-electron chi connectivity index (χ4n) is 2.10. The summed E-state index contributed by atoms with van der Waals surface area (Å²) in [5.74, 6) is 1.43. The molecule has 2 heterocycles. The average Bonchev–Trinajstić information content (AvgIpc) is 3.16. The zero-order valence-corrected chi connectivity index (χ0v) is 13.2. The summed E-state index contributed by atoms with van der Waals surface area (Å²) >= 11 is 1.55. The predicted octanol–water partition coefficient (Wildman–Crippen LogP) is 3.42. The zero-order valence-electron chi connectivity index (χ0n) is 12.4. The Balaban J connectivity index is 1.77. The van der Waals surface area contributed by atoms with E-state index in [0.29, 0.717) is 5.89 Å². The number of aromatic nitrogens is 3. The summed E-state index contributed by atoms with van der Waals surface area (Å²) in [5, 5.41) is 10.1. The number of thioether (sulfide) groups is 1. The van der Waals surface area contributed by atoms with Crippen LogP contribution in [0.15, 0.2) is 52.3 Å². The fourth-order valence-corrected chi connectivity index (χ4v) is 3.02. The van der Waals surface area contributed by atoms with Crippen molar-refractivity contribution in [1.82, 2.24) is 14.5 Å². The third-order valence-corrected chi connectivity index (χ3v) is 4.56. The van der Waals surface area contributed by atoms with Crippen molar-refractivity contribution in [2.45, 2.75) is 23.9 Å². The molecule has 0 aliphatic rings. The van der Waals surface area contributed by atoms with Gasteiger partial charge in [-0.2, -0.15) is 0 Å². The molecule has 0 aliphatic heterocycles. The maximum absolute atomic E-state index is 9.21. The highest BCUT2D eigenvalue weighted by atomic mass is 32.2. The van der Waals surface area contributed by atoms with Crippen LogP contribution in [-0.2, 0) is 13.7 Å². The predicted molar refractivity (Wildman–Crippen MR) is 85.3 cm³/mol. The lowest BCUT2D eigenvalue weighted by Crippen LogP contribution is -1.99. The highest BCUT2D eigenvalue weighted by Crippen LogP contribution is 2.35. The van der Waals surface area contributed by atoms with Crippen molar-refractivity contribution >= 4 is 11.8 Å². The largest absolute Gasteiger partial charge is 0.440 e. The van der Waals surface area contributed by atoms with E-state index >= 15 is 0 Å². The highest BCUT2D eigenvalue weighted by molar-refractivity contribution is 7.99. The van der Waals surface area contributed by atoms with Crippen molar-refractivity contribution in [1.29, 1.82) is 0 Å². The molecular weight excluding hydrogens is 298 g/mol. The first-order valence-corrected chi connectivity index (χ1v) is 7.86. The van der Waals surface area contributed by atoms with Crippen LogP contribution in [-0.4, -0.2) is 19.6 Å². The van der Waals surface area contributed by atoms with Gasteiger partial charge in [-0.15, -0.1) is 0 Å². The van der Waals surface area contributed by atoms with Crippen molar-refractivity contribution in [2.75, 3.05) is 0 Å².